The number of esters is 3. The molecule has 58 heavy (non-hydrogen) atoms. The first-order chi connectivity index (χ1) is 28.5. The van der Waals surface area contributed by atoms with Crippen LogP contribution in [-0.2, 0) is 28.6 Å². The lowest BCUT2D eigenvalue weighted by Gasteiger charge is -2.18. The molecule has 0 fully saturated rings. The van der Waals surface area contributed by atoms with Crippen LogP contribution in [0, 0.1) is 0 Å². The molecule has 0 aliphatic heterocycles. The van der Waals surface area contributed by atoms with Gasteiger partial charge in [-0.2, -0.15) is 0 Å². The summed E-state index contributed by atoms with van der Waals surface area (Å²) in [5.74, 6) is -0.841. The van der Waals surface area contributed by atoms with E-state index in [0.717, 1.165) is 57.8 Å². The third-order valence-electron chi connectivity index (χ3n) is 11.9. The van der Waals surface area contributed by atoms with E-state index >= 15 is 0 Å². The Bertz CT molecular complexity index is 859. The Morgan fingerprint density at radius 3 is 0.690 bits per heavy atom. The molecule has 0 rings (SSSR count). The summed E-state index contributed by atoms with van der Waals surface area (Å²) in [5.41, 5.74) is 0. The van der Waals surface area contributed by atoms with Crippen molar-refractivity contribution < 1.29 is 28.6 Å². The lowest BCUT2D eigenvalue weighted by molar-refractivity contribution is -0.167. The largest absolute Gasteiger partial charge is 0.462 e. The smallest absolute Gasteiger partial charge is 0.306 e. The molecule has 0 aromatic heterocycles. The van der Waals surface area contributed by atoms with E-state index in [-0.39, 0.29) is 31.1 Å². The molecule has 0 aliphatic carbocycles. The zero-order chi connectivity index (χ0) is 42.3. The molecule has 0 aromatic carbocycles. The normalized spacial score (nSPS) is 11.8. The van der Waals surface area contributed by atoms with Gasteiger partial charge in [0.05, 0.1) is 0 Å². The SMILES string of the molecule is CCCCCCCCCCCCCCCCCCC(=O)OC[C@H](COC(=O)CCCCCCCCCCCCC)OC(=O)CCCCCCCCCCCCCCC. The fourth-order valence-corrected chi connectivity index (χ4v) is 7.92. The standard InChI is InChI=1S/C52H100O6/c1-4-7-10-13-16-19-22-24-25-26-28-30-33-36-39-42-45-51(54)57-48-49(47-56-50(53)44-41-38-35-32-29-21-18-15-12-9-6-3)58-52(55)46-43-40-37-34-31-27-23-20-17-14-11-8-5-2/h49H,4-48H2,1-3H3/t49-/m0/s1. The van der Waals surface area contributed by atoms with Gasteiger partial charge in [-0.1, -0.05) is 258 Å². The first kappa shape index (κ1) is 56.4. The molecule has 0 radical (unpaired) electrons. The van der Waals surface area contributed by atoms with E-state index in [4.69, 9.17) is 14.2 Å². The van der Waals surface area contributed by atoms with Crippen molar-refractivity contribution in [2.45, 2.75) is 303 Å². The van der Waals surface area contributed by atoms with E-state index in [1.54, 1.807) is 0 Å². The maximum Gasteiger partial charge on any atom is 0.306 e. The van der Waals surface area contributed by atoms with E-state index in [1.165, 1.54) is 199 Å². The van der Waals surface area contributed by atoms with Gasteiger partial charge in [-0.15, -0.1) is 0 Å². The third kappa shape index (κ3) is 45.5. The lowest BCUT2D eigenvalue weighted by atomic mass is 10.0. The van der Waals surface area contributed by atoms with Gasteiger partial charge in [0.1, 0.15) is 13.2 Å². The lowest BCUT2D eigenvalue weighted by Crippen LogP contribution is -2.30. The van der Waals surface area contributed by atoms with Crippen molar-refractivity contribution in [2.24, 2.45) is 0 Å². The van der Waals surface area contributed by atoms with Crippen molar-refractivity contribution in [3.63, 3.8) is 0 Å². The van der Waals surface area contributed by atoms with Gasteiger partial charge in [-0.3, -0.25) is 14.4 Å². The molecule has 0 heterocycles. The van der Waals surface area contributed by atoms with Gasteiger partial charge in [-0.05, 0) is 19.3 Å². The molecule has 6 heteroatoms. The second-order valence-corrected chi connectivity index (χ2v) is 17.8. The number of unbranched alkanes of at least 4 members (excludes halogenated alkanes) is 37. The quantitative estimate of drug-likeness (QED) is 0.0346. The van der Waals surface area contributed by atoms with Crippen LogP contribution in [0.4, 0.5) is 0 Å². The van der Waals surface area contributed by atoms with E-state index in [0.29, 0.717) is 19.3 Å². The van der Waals surface area contributed by atoms with Gasteiger partial charge in [-0.25, -0.2) is 0 Å². The third-order valence-corrected chi connectivity index (χ3v) is 11.9. The van der Waals surface area contributed by atoms with Gasteiger partial charge in [0.2, 0.25) is 0 Å². The van der Waals surface area contributed by atoms with Crippen molar-refractivity contribution in [1.29, 1.82) is 0 Å². The zero-order valence-electron chi connectivity index (χ0n) is 39.3. The Balaban J connectivity index is 4.28. The number of carbonyl (C=O) groups is 3. The number of carbonyl (C=O) groups excluding carboxylic acids is 3. The molecule has 0 N–H and O–H groups in total. The van der Waals surface area contributed by atoms with Crippen LogP contribution in [0.3, 0.4) is 0 Å². The van der Waals surface area contributed by atoms with Gasteiger partial charge < -0.3 is 14.2 Å². The van der Waals surface area contributed by atoms with Crippen LogP contribution in [0.2, 0.25) is 0 Å². The first-order valence-electron chi connectivity index (χ1n) is 26.0. The molecule has 344 valence electrons. The van der Waals surface area contributed by atoms with Crippen molar-refractivity contribution >= 4 is 17.9 Å². The summed E-state index contributed by atoms with van der Waals surface area (Å²) in [5, 5.41) is 0. The molecule has 0 saturated carbocycles. The molecule has 0 aliphatic rings. The Hall–Kier alpha value is -1.59. The summed E-state index contributed by atoms with van der Waals surface area (Å²) in [7, 11) is 0. The monoisotopic (exact) mass is 821 g/mol. The Morgan fingerprint density at radius 2 is 0.466 bits per heavy atom. The molecule has 6 nitrogen and oxygen atoms in total. The summed E-state index contributed by atoms with van der Waals surface area (Å²) in [4.78, 5) is 37.9. The van der Waals surface area contributed by atoms with E-state index < -0.39 is 6.10 Å². The van der Waals surface area contributed by atoms with Gasteiger partial charge in [0, 0.05) is 19.3 Å². The fraction of sp³-hybridized carbons (Fsp3) is 0.942. The second kappa shape index (κ2) is 48.1. The predicted molar refractivity (Wildman–Crippen MR) is 247 cm³/mol. The summed E-state index contributed by atoms with van der Waals surface area (Å²) in [6.07, 6.45) is 50.8. The van der Waals surface area contributed by atoms with Crippen molar-refractivity contribution in [1.82, 2.24) is 0 Å². The van der Waals surface area contributed by atoms with Crippen LogP contribution in [0.25, 0.3) is 0 Å². The minimum atomic E-state index is -0.759. The molecule has 0 saturated heterocycles. The van der Waals surface area contributed by atoms with Crippen molar-refractivity contribution in [3.05, 3.63) is 0 Å². The average Bonchev–Trinajstić information content (AvgIpc) is 3.22. The molecule has 0 aromatic rings. The number of ether oxygens (including phenoxy) is 3. The van der Waals surface area contributed by atoms with Crippen molar-refractivity contribution in [3.8, 4) is 0 Å². The van der Waals surface area contributed by atoms with Gasteiger partial charge in [0.25, 0.3) is 0 Å². The van der Waals surface area contributed by atoms with Crippen LogP contribution in [0.5, 0.6) is 0 Å². The van der Waals surface area contributed by atoms with Gasteiger partial charge >= 0.3 is 17.9 Å². The highest BCUT2D eigenvalue weighted by Crippen LogP contribution is 2.17. The van der Waals surface area contributed by atoms with E-state index in [9.17, 15) is 14.4 Å². The molecular formula is C52H100O6. The topological polar surface area (TPSA) is 78.9 Å². The zero-order valence-corrected chi connectivity index (χ0v) is 39.3. The van der Waals surface area contributed by atoms with Crippen LogP contribution in [-0.4, -0.2) is 37.2 Å². The molecule has 0 amide bonds. The highest BCUT2D eigenvalue weighted by molar-refractivity contribution is 5.71. The Labute approximate surface area is 361 Å². The summed E-state index contributed by atoms with van der Waals surface area (Å²) < 4.78 is 16.8. The number of rotatable bonds is 48. The maximum atomic E-state index is 12.8. The highest BCUT2D eigenvalue weighted by Gasteiger charge is 2.19. The fourth-order valence-electron chi connectivity index (χ4n) is 7.92. The average molecular weight is 821 g/mol. The molecular weight excluding hydrogens is 721 g/mol. The van der Waals surface area contributed by atoms with Crippen molar-refractivity contribution in [2.75, 3.05) is 13.2 Å². The molecule has 1 atom stereocenters. The van der Waals surface area contributed by atoms with Crippen LogP contribution < -0.4 is 0 Å². The van der Waals surface area contributed by atoms with Crippen LogP contribution in [0.1, 0.15) is 297 Å². The van der Waals surface area contributed by atoms with E-state index in [2.05, 4.69) is 20.8 Å². The highest BCUT2D eigenvalue weighted by atomic mass is 16.6. The van der Waals surface area contributed by atoms with Crippen LogP contribution >= 0.6 is 0 Å². The molecule has 0 bridgehead atoms. The Kier molecular flexibility index (Phi) is 46.8. The second-order valence-electron chi connectivity index (χ2n) is 17.8. The predicted octanol–water partition coefficient (Wildman–Crippen LogP) is 16.8. The number of hydrogen-bond donors (Lipinski definition) is 0. The maximum absolute atomic E-state index is 12.8. The minimum absolute atomic E-state index is 0.0617. The van der Waals surface area contributed by atoms with Gasteiger partial charge in [0.15, 0.2) is 6.10 Å². The molecule has 0 spiro atoms. The summed E-state index contributed by atoms with van der Waals surface area (Å²) >= 11 is 0. The summed E-state index contributed by atoms with van der Waals surface area (Å²) in [6.45, 7) is 6.67. The first-order valence-corrected chi connectivity index (χ1v) is 26.0. The minimum Gasteiger partial charge on any atom is -0.462 e. The summed E-state index contributed by atoms with van der Waals surface area (Å²) in [6, 6.07) is 0. The molecule has 0 unspecified atom stereocenters. The van der Waals surface area contributed by atoms with E-state index in [1.807, 2.05) is 0 Å². The Morgan fingerprint density at radius 1 is 0.276 bits per heavy atom. The van der Waals surface area contributed by atoms with Crippen LogP contribution in [0.15, 0.2) is 0 Å². The number of hydrogen-bond acceptors (Lipinski definition) is 6.